The number of rotatable bonds is 9. The van der Waals surface area contributed by atoms with Gasteiger partial charge in [-0.2, -0.15) is 13.2 Å². The maximum atomic E-state index is 12.8. The van der Waals surface area contributed by atoms with E-state index < -0.39 is 35.9 Å². The second kappa shape index (κ2) is 13.0. The number of anilines is 2. The lowest BCUT2D eigenvalue weighted by Crippen LogP contribution is -2.31. The van der Waals surface area contributed by atoms with E-state index in [1.807, 2.05) is 0 Å². The predicted octanol–water partition coefficient (Wildman–Crippen LogP) is 4.93. The van der Waals surface area contributed by atoms with Crippen LogP contribution in [0.2, 0.25) is 0 Å². The number of nitrogens with two attached hydrogens (primary N) is 2. The molecule has 0 unspecified atom stereocenters. The van der Waals surface area contributed by atoms with Crippen LogP contribution in [0.5, 0.6) is 5.75 Å². The third-order valence-electron chi connectivity index (χ3n) is 6.01. The van der Waals surface area contributed by atoms with Crippen LogP contribution in [0.15, 0.2) is 48.5 Å². The van der Waals surface area contributed by atoms with Crippen molar-refractivity contribution in [2.45, 2.75) is 38.3 Å². The quantitative estimate of drug-likeness (QED) is 0.152. The topological polar surface area (TPSA) is 131 Å². The first kappa shape index (κ1) is 28.5. The van der Waals surface area contributed by atoms with E-state index in [1.54, 1.807) is 12.1 Å². The molecule has 2 aromatic carbocycles. The van der Waals surface area contributed by atoms with Crippen molar-refractivity contribution in [1.29, 1.82) is 0 Å². The molecule has 0 amide bonds. The summed E-state index contributed by atoms with van der Waals surface area (Å²) in [5.74, 6) is -3.36. The summed E-state index contributed by atoms with van der Waals surface area (Å²) in [4.78, 5) is 36.2. The van der Waals surface area contributed by atoms with Gasteiger partial charge in [0.2, 0.25) is 0 Å². The van der Waals surface area contributed by atoms with Crippen LogP contribution in [0, 0.1) is 11.8 Å². The summed E-state index contributed by atoms with van der Waals surface area (Å²) >= 11 is 0. The molecule has 1 aliphatic carbocycles. The van der Waals surface area contributed by atoms with E-state index in [-0.39, 0.29) is 50.2 Å². The minimum atomic E-state index is -4.23. The Morgan fingerprint density at radius 3 is 2.11 bits per heavy atom. The fourth-order valence-corrected chi connectivity index (χ4v) is 3.99. The third kappa shape index (κ3) is 8.82. The Morgan fingerprint density at radius 2 is 1.50 bits per heavy atom. The standard InChI is InChI=1S/C27H29F3N2O6/c28-27(29,30)20-7-5-18(6-8-20)26(35)38-23-9-2-17(3-10-23)4-11-24(33)36-12-1-13-37-25(34)19-14-21(31)16-22(32)15-19/h2-4,9-11,14-16,18,20H,1,5-8,12-13,31-32H2/b11-4+. The number of hydrogen-bond donors (Lipinski definition) is 2. The number of ether oxygens (including phenoxy) is 3. The lowest BCUT2D eigenvalue weighted by molar-refractivity contribution is -0.185. The van der Waals surface area contributed by atoms with Crippen LogP contribution < -0.4 is 16.2 Å². The molecule has 0 spiro atoms. The van der Waals surface area contributed by atoms with E-state index >= 15 is 0 Å². The molecule has 1 fully saturated rings. The van der Waals surface area contributed by atoms with Gasteiger partial charge in [-0.3, -0.25) is 4.79 Å². The highest BCUT2D eigenvalue weighted by molar-refractivity contribution is 5.91. The maximum Gasteiger partial charge on any atom is 0.391 e. The lowest BCUT2D eigenvalue weighted by atomic mass is 9.82. The minimum absolute atomic E-state index is 0.0362. The van der Waals surface area contributed by atoms with Crippen molar-refractivity contribution in [3.05, 3.63) is 59.7 Å². The Labute approximate surface area is 217 Å². The molecule has 2 aromatic rings. The van der Waals surface area contributed by atoms with E-state index in [1.165, 1.54) is 42.5 Å². The van der Waals surface area contributed by atoms with Crippen LogP contribution in [-0.2, 0) is 19.1 Å². The number of carbonyl (C=O) groups is 3. The molecule has 0 radical (unpaired) electrons. The van der Waals surface area contributed by atoms with Gasteiger partial charge in [-0.1, -0.05) is 12.1 Å². The van der Waals surface area contributed by atoms with Crippen molar-refractivity contribution in [1.82, 2.24) is 0 Å². The highest BCUT2D eigenvalue weighted by atomic mass is 19.4. The first-order valence-corrected chi connectivity index (χ1v) is 12.1. The van der Waals surface area contributed by atoms with E-state index in [2.05, 4.69) is 0 Å². The van der Waals surface area contributed by atoms with Gasteiger partial charge < -0.3 is 25.7 Å². The average Bonchev–Trinajstić information content (AvgIpc) is 2.87. The van der Waals surface area contributed by atoms with E-state index in [0.29, 0.717) is 23.4 Å². The van der Waals surface area contributed by atoms with Gasteiger partial charge in [0.1, 0.15) is 5.75 Å². The van der Waals surface area contributed by atoms with Crippen LogP contribution in [0.3, 0.4) is 0 Å². The number of benzene rings is 2. The molecule has 1 aliphatic rings. The second-order valence-corrected chi connectivity index (χ2v) is 8.96. The summed E-state index contributed by atoms with van der Waals surface area (Å²) < 4.78 is 53.8. The lowest BCUT2D eigenvalue weighted by Gasteiger charge is -2.28. The zero-order valence-electron chi connectivity index (χ0n) is 20.5. The van der Waals surface area contributed by atoms with Crippen molar-refractivity contribution in [2.75, 3.05) is 24.7 Å². The molecular weight excluding hydrogens is 505 g/mol. The van der Waals surface area contributed by atoms with Gasteiger partial charge in [-0.15, -0.1) is 0 Å². The van der Waals surface area contributed by atoms with Crippen molar-refractivity contribution in [2.24, 2.45) is 11.8 Å². The molecule has 0 heterocycles. The molecule has 4 N–H and O–H groups in total. The zero-order chi connectivity index (χ0) is 27.7. The summed E-state index contributed by atoms with van der Waals surface area (Å²) in [6, 6.07) is 10.7. The van der Waals surface area contributed by atoms with Crippen molar-refractivity contribution >= 4 is 35.4 Å². The summed E-state index contributed by atoms with van der Waals surface area (Å²) in [7, 11) is 0. The second-order valence-electron chi connectivity index (χ2n) is 8.96. The summed E-state index contributed by atoms with van der Waals surface area (Å²) in [5, 5.41) is 0. The van der Waals surface area contributed by atoms with Gasteiger partial charge in [0.15, 0.2) is 0 Å². The molecule has 3 rings (SSSR count). The maximum absolute atomic E-state index is 12.8. The van der Waals surface area contributed by atoms with Crippen molar-refractivity contribution in [3.8, 4) is 5.75 Å². The molecular formula is C27H29F3N2O6. The number of halogens is 3. The molecule has 204 valence electrons. The molecule has 11 heteroatoms. The number of esters is 3. The highest BCUT2D eigenvalue weighted by Gasteiger charge is 2.42. The molecule has 38 heavy (non-hydrogen) atoms. The molecule has 0 aliphatic heterocycles. The molecule has 0 atom stereocenters. The normalized spacial score (nSPS) is 17.7. The first-order valence-electron chi connectivity index (χ1n) is 12.1. The van der Waals surface area contributed by atoms with Gasteiger partial charge in [0, 0.05) is 23.9 Å². The number of nitrogen functional groups attached to an aromatic ring is 2. The molecule has 1 saturated carbocycles. The Balaban J connectivity index is 1.34. The van der Waals surface area contributed by atoms with Crippen LogP contribution in [0.1, 0.15) is 48.0 Å². The number of hydrogen-bond acceptors (Lipinski definition) is 8. The summed E-state index contributed by atoms with van der Waals surface area (Å²) in [6.45, 7) is 0.0732. The van der Waals surface area contributed by atoms with Gasteiger partial charge in [0.25, 0.3) is 0 Å². The number of carbonyl (C=O) groups excluding carboxylic acids is 3. The highest BCUT2D eigenvalue weighted by Crippen LogP contribution is 2.39. The van der Waals surface area contributed by atoms with Crippen molar-refractivity contribution in [3.63, 3.8) is 0 Å². The Kier molecular flexibility index (Phi) is 9.75. The predicted molar refractivity (Wildman–Crippen MR) is 134 cm³/mol. The van der Waals surface area contributed by atoms with Gasteiger partial charge in [-0.05, 0) is 67.7 Å². The van der Waals surface area contributed by atoms with Crippen LogP contribution in [0.4, 0.5) is 24.5 Å². The minimum Gasteiger partial charge on any atom is -0.462 e. The summed E-state index contributed by atoms with van der Waals surface area (Å²) in [5.41, 5.74) is 12.9. The molecule has 8 nitrogen and oxygen atoms in total. The van der Waals surface area contributed by atoms with Gasteiger partial charge in [0.05, 0.1) is 30.6 Å². The van der Waals surface area contributed by atoms with Crippen LogP contribution in [-0.4, -0.2) is 37.3 Å². The monoisotopic (exact) mass is 534 g/mol. The van der Waals surface area contributed by atoms with E-state index in [4.69, 9.17) is 25.7 Å². The number of alkyl halides is 3. The van der Waals surface area contributed by atoms with E-state index in [0.717, 1.165) is 0 Å². The Hall–Kier alpha value is -4.02. The summed E-state index contributed by atoms with van der Waals surface area (Å²) in [6.07, 6.45) is -1.07. The Bertz CT molecular complexity index is 1140. The SMILES string of the molecule is Nc1cc(N)cc(C(=O)OCCCOC(=O)/C=C/c2ccc(OC(=O)C3CCC(C(F)(F)F)CC3)cc2)c1. The van der Waals surface area contributed by atoms with Gasteiger partial charge >= 0.3 is 24.1 Å². The van der Waals surface area contributed by atoms with E-state index in [9.17, 15) is 27.6 Å². The zero-order valence-corrected chi connectivity index (χ0v) is 20.5. The largest absolute Gasteiger partial charge is 0.462 e. The first-order chi connectivity index (χ1) is 18.0. The molecule has 0 saturated heterocycles. The van der Waals surface area contributed by atoms with Crippen LogP contribution in [0.25, 0.3) is 6.08 Å². The van der Waals surface area contributed by atoms with Gasteiger partial charge in [-0.25, -0.2) is 9.59 Å². The fourth-order valence-electron chi connectivity index (χ4n) is 3.99. The van der Waals surface area contributed by atoms with Crippen molar-refractivity contribution < 1.29 is 41.8 Å². The smallest absolute Gasteiger partial charge is 0.391 e. The van der Waals surface area contributed by atoms with Crippen LogP contribution >= 0.6 is 0 Å². The Morgan fingerprint density at radius 1 is 0.895 bits per heavy atom. The molecule has 0 aromatic heterocycles. The molecule has 0 bridgehead atoms. The third-order valence-corrected chi connectivity index (χ3v) is 6.01. The fraction of sp³-hybridized carbons (Fsp3) is 0.370. The average molecular weight is 535 g/mol.